The summed E-state index contributed by atoms with van der Waals surface area (Å²) in [5.41, 5.74) is 2.48. The van der Waals surface area contributed by atoms with Crippen molar-refractivity contribution in [2.75, 3.05) is 30.8 Å². The van der Waals surface area contributed by atoms with E-state index in [1.807, 2.05) is 0 Å². The van der Waals surface area contributed by atoms with E-state index in [4.69, 9.17) is 4.74 Å². The van der Waals surface area contributed by atoms with Crippen LogP contribution in [0.25, 0.3) is 0 Å². The van der Waals surface area contributed by atoms with Gasteiger partial charge in [-0.15, -0.1) is 11.3 Å². The number of fused-ring (bicyclic) bond motifs is 1. The van der Waals surface area contributed by atoms with E-state index in [-0.39, 0.29) is 17.9 Å². The summed E-state index contributed by atoms with van der Waals surface area (Å²) in [6.07, 6.45) is 0.978. The van der Waals surface area contributed by atoms with Gasteiger partial charge in [0.05, 0.1) is 19.3 Å². The van der Waals surface area contributed by atoms with Crippen molar-refractivity contribution in [3.05, 3.63) is 40.1 Å². The summed E-state index contributed by atoms with van der Waals surface area (Å²) in [6, 6.07) is 7.54. The van der Waals surface area contributed by atoms with Crippen molar-refractivity contribution in [3.8, 4) is 5.75 Å². The van der Waals surface area contributed by atoms with Gasteiger partial charge in [-0.25, -0.2) is 0 Å². The minimum absolute atomic E-state index is 0.103. The molecule has 0 saturated heterocycles. The lowest BCUT2D eigenvalue weighted by atomic mass is 10.0. The number of methoxy groups -OCH3 is 1. The van der Waals surface area contributed by atoms with Crippen LogP contribution in [0.5, 0.6) is 5.75 Å². The largest absolute Gasteiger partial charge is 0.495 e. The highest BCUT2D eigenvalue weighted by Gasteiger charge is 2.26. The van der Waals surface area contributed by atoms with Crippen LogP contribution in [-0.4, -0.2) is 36.9 Å². The highest BCUT2D eigenvalue weighted by atomic mass is 32.1. The van der Waals surface area contributed by atoms with Crippen molar-refractivity contribution < 1.29 is 14.3 Å². The van der Waals surface area contributed by atoms with Crippen LogP contribution >= 0.6 is 11.3 Å². The van der Waals surface area contributed by atoms with E-state index in [2.05, 4.69) is 33.9 Å². The lowest BCUT2D eigenvalue weighted by molar-refractivity contribution is -0.118. The molecule has 0 bridgehead atoms. The fourth-order valence-electron chi connectivity index (χ4n) is 3.24. The zero-order valence-electron chi connectivity index (χ0n) is 15.2. The minimum Gasteiger partial charge on any atom is -0.495 e. The van der Waals surface area contributed by atoms with Gasteiger partial charge in [-0.1, -0.05) is 0 Å². The first-order valence-corrected chi connectivity index (χ1v) is 9.41. The molecule has 1 aliphatic heterocycles. The monoisotopic (exact) mass is 373 g/mol. The molecule has 0 aliphatic carbocycles. The molecule has 2 heterocycles. The van der Waals surface area contributed by atoms with Crippen LogP contribution in [0.1, 0.15) is 30.3 Å². The van der Waals surface area contributed by atoms with Crippen molar-refractivity contribution in [1.82, 2.24) is 4.90 Å². The number of carbonyl (C=O) groups excluding carboxylic acids is 2. The smallest absolute Gasteiger partial charge is 0.238 e. The minimum atomic E-state index is -0.166. The number of carbonyl (C=O) groups is 2. The molecule has 1 aromatic heterocycles. The number of nitrogens with one attached hydrogen (secondary N) is 2. The Hall–Kier alpha value is -2.38. The van der Waals surface area contributed by atoms with Crippen molar-refractivity contribution in [2.24, 2.45) is 0 Å². The number of hydrogen-bond donors (Lipinski definition) is 2. The van der Waals surface area contributed by atoms with Gasteiger partial charge in [0.15, 0.2) is 0 Å². The Kier molecular flexibility index (Phi) is 5.58. The van der Waals surface area contributed by atoms with E-state index in [1.54, 1.807) is 36.6 Å². The van der Waals surface area contributed by atoms with Crippen molar-refractivity contribution in [1.29, 1.82) is 0 Å². The van der Waals surface area contributed by atoms with Gasteiger partial charge in [0, 0.05) is 30.1 Å². The Bertz CT molecular complexity index is 818. The van der Waals surface area contributed by atoms with Gasteiger partial charge >= 0.3 is 0 Å². The first kappa shape index (κ1) is 18.4. The summed E-state index contributed by atoms with van der Waals surface area (Å²) in [4.78, 5) is 27.4. The van der Waals surface area contributed by atoms with E-state index >= 15 is 0 Å². The van der Waals surface area contributed by atoms with Gasteiger partial charge in [-0.2, -0.15) is 0 Å². The third-order valence-corrected chi connectivity index (χ3v) is 5.54. The lowest BCUT2D eigenvalue weighted by Gasteiger charge is -2.33. The second-order valence-electron chi connectivity index (χ2n) is 6.34. The lowest BCUT2D eigenvalue weighted by Crippen LogP contribution is -2.39. The maximum absolute atomic E-state index is 12.6. The standard InChI is InChI=1S/C19H23N3O3S/c1-12-15-7-9-26-18(15)6-8-22(12)11-19(24)21-16-10-14(20-13(2)23)4-5-17(16)25-3/h4-5,7,9-10,12H,6,8,11H2,1-3H3,(H,20,23)(H,21,24). The molecule has 1 atom stereocenters. The SMILES string of the molecule is COc1ccc(NC(C)=O)cc1NC(=O)CN1CCc2sccc2C1C. The van der Waals surface area contributed by atoms with Crippen LogP contribution in [0, 0.1) is 0 Å². The maximum atomic E-state index is 12.6. The summed E-state index contributed by atoms with van der Waals surface area (Å²) >= 11 is 1.79. The summed E-state index contributed by atoms with van der Waals surface area (Å²) in [7, 11) is 1.55. The van der Waals surface area contributed by atoms with Gasteiger partial charge in [0.25, 0.3) is 0 Å². The molecule has 1 aliphatic rings. The molecule has 0 spiro atoms. The van der Waals surface area contributed by atoms with Crippen LogP contribution in [0.3, 0.4) is 0 Å². The molecule has 0 radical (unpaired) electrons. The van der Waals surface area contributed by atoms with Crippen LogP contribution in [-0.2, 0) is 16.0 Å². The van der Waals surface area contributed by atoms with Crippen LogP contribution in [0.2, 0.25) is 0 Å². The van der Waals surface area contributed by atoms with Gasteiger partial charge in [0.1, 0.15) is 5.75 Å². The third-order valence-electron chi connectivity index (χ3n) is 4.54. The van der Waals surface area contributed by atoms with Gasteiger partial charge < -0.3 is 15.4 Å². The van der Waals surface area contributed by atoms with Gasteiger partial charge in [0.2, 0.25) is 11.8 Å². The zero-order valence-corrected chi connectivity index (χ0v) is 16.0. The van der Waals surface area contributed by atoms with E-state index in [1.165, 1.54) is 17.4 Å². The molecule has 2 N–H and O–H groups in total. The summed E-state index contributed by atoms with van der Waals surface area (Å²) < 4.78 is 5.31. The predicted molar refractivity (Wildman–Crippen MR) is 104 cm³/mol. The van der Waals surface area contributed by atoms with Crippen LogP contribution in [0.15, 0.2) is 29.6 Å². The maximum Gasteiger partial charge on any atom is 0.238 e. The number of nitrogens with zero attached hydrogens (tertiary/aromatic N) is 1. The predicted octanol–water partition coefficient (Wildman–Crippen LogP) is 3.27. The number of hydrogen-bond acceptors (Lipinski definition) is 5. The molecule has 7 heteroatoms. The molecule has 0 saturated carbocycles. The normalized spacial score (nSPS) is 16.7. The molecular formula is C19H23N3O3S. The quantitative estimate of drug-likeness (QED) is 0.844. The van der Waals surface area contributed by atoms with E-state index in [0.29, 0.717) is 23.7 Å². The summed E-state index contributed by atoms with van der Waals surface area (Å²) in [5.74, 6) is 0.286. The molecular weight excluding hydrogens is 350 g/mol. The Labute approximate surface area is 157 Å². The second-order valence-corrected chi connectivity index (χ2v) is 7.34. The number of thiophene rings is 1. The Morgan fingerprint density at radius 2 is 2.12 bits per heavy atom. The number of ether oxygens (including phenoxy) is 1. The van der Waals surface area contributed by atoms with E-state index in [0.717, 1.165) is 13.0 Å². The number of rotatable bonds is 5. The van der Waals surface area contributed by atoms with Crippen LogP contribution in [0.4, 0.5) is 11.4 Å². The Morgan fingerprint density at radius 3 is 2.85 bits per heavy atom. The summed E-state index contributed by atoms with van der Waals surface area (Å²) in [5, 5.41) is 7.73. The molecule has 26 heavy (non-hydrogen) atoms. The van der Waals surface area contributed by atoms with Crippen LogP contribution < -0.4 is 15.4 Å². The first-order valence-electron chi connectivity index (χ1n) is 8.53. The van der Waals surface area contributed by atoms with E-state index in [9.17, 15) is 9.59 Å². The number of anilines is 2. The van der Waals surface area contributed by atoms with E-state index < -0.39 is 0 Å². The molecule has 1 unspecified atom stereocenters. The molecule has 0 fully saturated rings. The molecule has 2 aromatic rings. The Morgan fingerprint density at radius 1 is 1.31 bits per heavy atom. The topological polar surface area (TPSA) is 70.7 Å². The third kappa shape index (κ3) is 4.05. The van der Waals surface area contributed by atoms with Crippen molar-refractivity contribution in [2.45, 2.75) is 26.3 Å². The molecule has 138 valence electrons. The fraction of sp³-hybridized carbons (Fsp3) is 0.368. The average Bonchev–Trinajstić information content (AvgIpc) is 3.06. The summed E-state index contributed by atoms with van der Waals surface area (Å²) in [6.45, 7) is 4.75. The first-order chi connectivity index (χ1) is 12.5. The highest BCUT2D eigenvalue weighted by molar-refractivity contribution is 7.10. The second kappa shape index (κ2) is 7.88. The molecule has 2 amide bonds. The average molecular weight is 373 g/mol. The number of benzene rings is 1. The molecule has 1 aromatic carbocycles. The highest BCUT2D eigenvalue weighted by Crippen LogP contribution is 2.33. The van der Waals surface area contributed by atoms with Gasteiger partial charge in [-0.3, -0.25) is 14.5 Å². The molecule has 6 nitrogen and oxygen atoms in total. The molecule has 3 rings (SSSR count). The Balaban J connectivity index is 1.69. The number of amides is 2. The van der Waals surface area contributed by atoms with Crippen molar-refractivity contribution >= 4 is 34.5 Å². The zero-order chi connectivity index (χ0) is 18.7. The van der Waals surface area contributed by atoms with Gasteiger partial charge in [-0.05, 0) is 48.6 Å². The fourth-order valence-corrected chi connectivity index (χ4v) is 4.20. The van der Waals surface area contributed by atoms with Crippen molar-refractivity contribution in [3.63, 3.8) is 0 Å².